The van der Waals surface area contributed by atoms with Crippen molar-refractivity contribution < 1.29 is 14.8 Å². The lowest BCUT2D eigenvalue weighted by atomic mass is 9.71. The van der Waals surface area contributed by atoms with Crippen LogP contribution in [0.5, 0.6) is 0 Å². The van der Waals surface area contributed by atoms with Gasteiger partial charge in [-0.25, -0.2) is 0 Å². The number of rotatable bonds is 3. The predicted octanol–water partition coefficient (Wildman–Crippen LogP) is 2.77. The van der Waals surface area contributed by atoms with Crippen molar-refractivity contribution in [3.63, 3.8) is 0 Å². The second-order valence-corrected chi connectivity index (χ2v) is 7.03. The number of carboxylic acids is 1. The topological polar surface area (TPSA) is 95.3 Å². The average molecular weight is 339 g/mol. The molecule has 0 amide bonds. The lowest BCUT2D eigenvalue weighted by molar-refractivity contribution is -0.385. The van der Waals surface area contributed by atoms with Gasteiger partial charge in [0, 0.05) is 23.6 Å². The molecular formula is C19H19N2O4-. The molecule has 0 saturated heterocycles. The maximum absolute atomic E-state index is 11.6. The summed E-state index contributed by atoms with van der Waals surface area (Å²) in [4.78, 5) is 22.7. The molecule has 0 saturated carbocycles. The molecule has 1 aromatic rings. The number of fused-ring (bicyclic) bond motifs is 3. The average Bonchev–Trinajstić information content (AvgIpc) is 3.10. The molecule has 1 N–H and O–H groups in total. The third kappa shape index (κ3) is 2.52. The lowest BCUT2D eigenvalue weighted by Gasteiger charge is -2.42. The van der Waals surface area contributed by atoms with E-state index in [-0.39, 0.29) is 29.1 Å². The van der Waals surface area contributed by atoms with Crippen molar-refractivity contribution in [2.75, 3.05) is 5.32 Å². The Kier molecular flexibility index (Phi) is 3.82. The summed E-state index contributed by atoms with van der Waals surface area (Å²) in [5.74, 6) is -0.799. The van der Waals surface area contributed by atoms with Crippen LogP contribution in [0.1, 0.15) is 47.5 Å². The van der Waals surface area contributed by atoms with Gasteiger partial charge in [0.15, 0.2) is 0 Å². The van der Waals surface area contributed by atoms with Crippen LogP contribution >= 0.6 is 0 Å². The number of nitro groups is 1. The van der Waals surface area contributed by atoms with E-state index in [2.05, 4.69) is 23.5 Å². The highest BCUT2D eigenvalue weighted by Gasteiger charge is 2.44. The number of aromatic carboxylic acids is 1. The zero-order valence-electron chi connectivity index (χ0n) is 13.7. The Labute approximate surface area is 145 Å². The van der Waals surface area contributed by atoms with E-state index in [1.807, 2.05) is 6.08 Å². The molecule has 0 radical (unpaired) electrons. The highest BCUT2D eigenvalue weighted by Crippen LogP contribution is 2.51. The minimum atomic E-state index is -1.30. The van der Waals surface area contributed by atoms with Crippen LogP contribution in [-0.4, -0.2) is 16.9 Å². The van der Waals surface area contributed by atoms with Gasteiger partial charge in [-0.2, -0.15) is 0 Å². The van der Waals surface area contributed by atoms with Crippen molar-refractivity contribution in [3.05, 3.63) is 57.7 Å². The van der Waals surface area contributed by atoms with Crippen molar-refractivity contribution in [2.24, 2.45) is 11.8 Å². The van der Waals surface area contributed by atoms with Gasteiger partial charge in [-0.1, -0.05) is 24.3 Å². The molecule has 0 fully saturated rings. The van der Waals surface area contributed by atoms with Crippen molar-refractivity contribution in [1.82, 2.24) is 0 Å². The summed E-state index contributed by atoms with van der Waals surface area (Å²) < 4.78 is 0. The summed E-state index contributed by atoms with van der Waals surface area (Å²) >= 11 is 0. The maximum atomic E-state index is 11.6. The smallest absolute Gasteiger partial charge is 0.275 e. The predicted molar refractivity (Wildman–Crippen MR) is 91.3 cm³/mol. The van der Waals surface area contributed by atoms with Crippen molar-refractivity contribution in [1.29, 1.82) is 0 Å². The summed E-state index contributed by atoms with van der Waals surface area (Å²) in [5, 5.41) is 26.5. The first-order valence-corrected chi connectivity index (χ1v) is 8.68. The number of carbonyl (C=O) groups excluding carboxylic acids is 1. The third-order valence-corrected chi connectivity index (χ3v) is 5.78. The molecule has 1 aromatic carbocycles. The summed E-state index contributed by atoms with van der Waals surface area (Å²) in [7, 11) is 0. The Morgan fingerprint density at radius 1 is 1.20 bits per heavy atom. The van der Waals surface area contributed by atoms with Gasteiger partial charge in [-0.05, 0) is 43.6 Å². The van der Waals surface area contributed by atoms with E-state index in [0.717, 1.165) is 25.7 Å². The zero-order chi connectivity index (χ0) is 17.6. The van der Waals surface area contributed by atoms with Gasteiger partial charge in [0.05, 0.1) is 22.1 Å². The van der Waals surface area contributed by atoms with E-state index in [9.17, 15) is 20.0 Å². The Morgan fingerprint density at radius 2 is 2.04 bits per heavy atom. The maximum Gasteiger partial charge on any atom is 0.275 e. The molecule has 6 heteroatoms. The summed E-state index contributed by atoms with van der Waals surface area (Å²) in [6.45, 7) is 0. The van der Waals surface area contributed by atoms with Crippen LogP contribution in [0.15, 0.2) is 36.4 Å². The quantitative estimate of drug-likeness (QED) is 0.519. The SMILES string of the molecule is O=C([O-])c1ccc([N+](=O)[O-])c2c1N[C@@H]([C@H]1CC=CCC1)[C@H]1CC=C[C@H]21. The number of carbonyl (C=O) groups is 1. The van der Waals surface area contributed by atoms with E-state index < -0.39 is 10.9 Å². The van der Waals surface area contributed by atoms with E-state index in [4.69, 9.17) is 0 Å². The van der Waals surface area contributed by atoms with Crippen LogP contribution in [-0.2, 0) is 0 Å². The summed E-state index contributed by atoms with van der Waals surface area (Å²) in [6.07, 6.45) is 12.3. The number of nitro benzene ring substituents is 1. The van der Waals surface area contributed by atoms with Crippen molar-refractivity contribution >= 4 is 17.3 Å². The molecule has 130 valence electrons. The van der Waals surface area contributed by atoms with E-state index in [1.165, 1.54) is 12.1 Å². The Morgan fingerprint density at radius 3 is 2.72 bits per heavy atom. The molecule has 25 heavy (non-hydrogen) atoms. The largest absolute Gasteiger partial charge is 0.545 e. The van der Waals surface area contributed by atoms with Crippen LogP contribution in [0.25, 0.3) is 0 Å². The fourth-order valence-electron chi connectivity index (χ4n) is 4.67. The highest BCUT2D eigenvalue weighted by molar-refractivity contribution is 5.95. The minimum absolute atomic E-state index is 0.00991. The number of carboxylic acid groups (broad SMARTS) is 1. The Bertz CT molecular complexity index is 799. The normalized spacial score (nSPS) is 29.6. The van der Waals surface area contributed by atoms with E-state index in [1.54, 1.807) is 0 Å². The number of nitrogens with one attached hydrogen (secondary N) is 1. The molecule has 1 heterocycles. The molecule has 0 unspecified atom stereocenters. The van der Waals surface area contributed by atoms with Crippen LogP contribution in [0.4, 0.5) is 11.4 Å². The fourth-order valence-corrected chi connectivity index (χ4v) is 4.67. The van der Waals surface area contributed by atoms with Crippen LogP contribution in [0, 0.1) is 22.0 Å². The Hall–Kier alpha value is -2.63. The number of benzene rings is 1. The lowest BCUT2D eigenvalue weighted by Crippen LogP contribution is -2.43. The standard InChI is InChI=1S/C19H20N2O4/c22-19(23)14-9-10-15(21(24)25)16-12-7-4-8-13(12)17(20-18(14)16)11-5-2-1-3-6-11/h1-2,4,7,9-13,17,20H,3,5-6,8H2,(H,22,23)/p-1/t11-,12-,13-,17-/m0/s1. The molecule has 0 aromatic heterocycles. The molecule has 2 aliphatic carbocycles. The van der Waals surface area contributed by atoms with Crippen LogP contribution in [0.3, 0.4) is 0 Å². The second-order valence-electron chi connectivity index (χ2n) is 7.03. The summed E-state index contributed by atoms with van der Waals surface area (Å²) in [6, 6.07) is 2.69. The van der Waals surface area contributed by atoms with Crippen molar-refractivity contribution in [2.45, 2.75) is 37.6 Å². The molecular weight excluding hydrogens is 320 g/mol. The summed E-state index contributed by atoms with van der Waals surface area (Å²) in [5.41, 5.74) is 0.862. The monoisotopic (exact) mass is 339 g/mol. The van der Waals surface area contributed by atoms with Gasteiger partial charge in [0.2, 0.25) is 0 Å². The number of hydrogen-bond acceptors (Lipinski definition) is 5. The van der Waals surface area contributed by atoms with Gasteiger partial charge in [-0.3, -0.25) is 10.1 Å². The minimum Gasteiger partial charge on any atom is -0.545 e. The highest BCUT2D eigenvalue weighted by atomic mass is 16.6. The van der Waals surface area contributed by atoms with E-state index in [0.29, 0.717) is 17.2 Å². The van der Waals surface area contributed by atoms with Gasteiger partial charge in [0.1, 0.15) is 0 Å². The van der Waals surface area contributed by atoms with Gasteiger partial charge in [-0.15, -0.1) is 0 Å². The molecule has 3 aliphatic rings. The first kappa shape index (κ1) is 15.9. The molecule has 6 nitrogen and oxygen atoms in total. The molecule has 4 atom stereocenters. The van der Waals surface area contributed by atoms with Gasteiger partial charge in [0.25, 0.3) is 5.69 Å². The van der Waals surface area contributed by atoms with Crippen LogP contribution in [0.2, 0.25) is 0 Å². The van der Waals surface area contributed by atoms with Crippen molar-refractivity contribution in [3.8, 4) is 0 Å². The van der Waals surface area contributed by atoms with Crippen LogP contribution < -0.4 is 10.4 Å². The molecule has 0 bridgehead atoms. The number of hydrogen-bond donors (Lipinski definition) is 1. The Balaban J connectivity index is 1.85. The molecule has 0 spiro atoms. The molecule has 4 rings (SSSR count). The van der Waals surface area contributed by atoms with Gasteiger partial charge >= 0.3 is 0 Å². The fraction of sp³-hybridized carbons (Fsp3) is 0.421. The van der Waals surface area contributed by atoms with E-state index >= 15 is 0 Å². The first-order chi connectivity index (χ1) is 12.1. The second kappa shape index (κ2) is 6.02. The number of nitrogens with zero attached hydrogens (tertiary/aromatic N) is 1. The first-order valence-electron chi connectivity index (χ1n) is 8.68. The zero-order valence-corrected chi connectivity index (χ0v) is 13.7. The number of anilines is 1. The molecule has 1 aliphatic heterocycles. The number of allylic oxidation sites excluding steroid dienone is 4. The third-order valence-electron chi connectivity index (χ3n) is 5.78. The van der Waals surface area contributed by atoms with Gasteiger partial charge < -0.3 is 15.2 Å².